The molecule has 2 heterocycles. The molecule has 1 aliphatic heterocycles. The Bertz CT molecular complexity index is 534. The molecule has 5 nitrogen and oxygen atoms in total. The van der Waals surface area contributed by atoms with Crippen molar-refractivity contribution in [3.8, 4) is 0 Å². The van der Waals surface area contributed by atoms with Gasteiger partial charge in [-0.25, -0.2) is 13.1 Å². The standard InChI is InChI=1S/C10H12ClNO4S2/c11-8-3-4-10(17-8)18(14,15)12-9(13)6-7-2-1-5-16-7/h3-4,7H,1-2,5-6H2,(H,12,13)/t7-/m1/s1. The largest absolute Gasteiger partial charge is 0.378 e. The fourth-order valence-electron chi connectivity index (χ4n) is 1.70. The highest BCUT2D eigenvalue weighted by molar-refractivity contribution is 7.92. The quantitative estimate of drug-likeness (QED) is 0.920. The van der Waals surface area contributed by atoms with E-state index in [1.54, 1.807) is 0 Å². The van der Waals surface area contributed by atoms with Crippen LogP contribution < -0.4 is 4.72 Å². The highest BCUT2D eigenvalue weighted by Gasteiger charge is 2.24. The summed E-state index contributed by atoms with van der Waals surface area (Å²) in [5.74, 6) is -0.550. The van der Waals surface area contributed by atoms with E-state index in [0.717, 1.165) is 24.2 Å². The fourth-order valence-corrected chi connectivity index (χ4v) is 4.17. The number of sulfonamides is 1. The molecule has 0 saturated carbocycles. The zero-order valence-corrected chi connectivity index (χ0v) is 11.8. The van der Waals surface area contributed by atoms with Crippen LogP contribution in [-0.4, -0.2) is 27.0 Å². The molecule has 1 saturated heterocycles. The number of hydrogen-bond donors (Lipinski definition) is 1. The van der Waals surface area contributed by atoms with Crippen molar-refractivity contribution in [2.45, 2.75) is 29.6 Å². The monoisotopic (exact) mass is 309 g/mol. The molecule has 0 bridgehead atoms. The third-order valence-corrected chi connectivity index (χ3v) is 5.59. The summed E-state index contributed by atoms with van der Waals surface area (Å²) in [5.41, 5.74) is 0. The summed E-state index contributed by atoms with van der Waals surface area (Å²) in [4.78, 5) is 11.6. The van der Waals surface area contributed by atoms with E-state index < -0.39 is 15.9 Å². The summed E-state index contributed by atoms with van der Waals surface area (Å²) < 4.78 is 31.3. The molecule has 1 aliphatic rings. The van der Waals surface area contributed by atoms with Gasteiger partial charge in [-0.2, -0.15) is 0 Å². The summed E-state index contributed by atoms with van der Waals surface area (Å²) >= 11 is 6.57. The number of carbonyl (C=O) groups excluding carboxylic acids is 1. The van der Waals surface area contributed by atoms with Crippen LogP contribution >= 0.6 is 22.9 Å². The number of carbonyl (C=O) groups is 1. The average molecular weight is 310 g/mol. The van der Waals surface area contributed by atoms with Crippen molar-refractivity contribution in [1.82, 2.24) is 4.72 Å². The van der Waals surface area contributed by atoms with Crippen molar-refractivity contribution in [3.63, 3.8) is 0 Å². The molecule has 0 radical (unpaired) electrons. The van der Waals surface area contributed by atoms with Gasteiger partial charge in [-0.3, -0.25) is 4.79 Å². The van der Waals surface area contributed by atoms with Crippen LogP contribution in [0.25, 0.3) is 0 Å². The van der Waals surface area contributed by atoms with Crippen molar-refractivity contribution in [1.29, 1.82) is 0 Å². The Morgan fingerprint density at radius 3 is 2.89 bits per heavy atom. The van der Waals surface area contributed by atoms with Gasteiger partial charge in [0, 0.05) is 6.61 Å². The van der Waals surface area contributed by atoms with E-state index in [1.165, 1.54) is 12.1 Å². The smallest absolute Gasteiger partial charge is 0.273 e. The highest BCUT2D eigenvalue weighted by atomic mass is 35.5. The molecular weight excluding hydrogens is 298 g/mol. The van der Waals surface area contributed by atoms with Crippen LogP contribution in [0.15, 0.2) is 16.3 Å². The van der Waals surface area contributed by atoms with Crippen LogP contribution in [-0.2, 0) is 19.6 Å². The normalized spacial score (nSPS) is 19.9. The number of hydrogen-bond acceptors (Lipinski definition) is 5. The third kappa shape index (κ3) is 3.44. The highest BCUT2D eigenvalue weighted by Crippen LogP contribution is 2.25. The number of nitrogens with one attached hydrogen (secondary N) is 1. The van der Waals surface area contributed by atoms with Crippen LogP contribution in [0.2, 0.25) is 4.34 Å². The van der Waals surface area contributed by atoms with Gasteiger partial charge in [-0.15, -0.1) is 11.3 Å². The van der Waals surface area contributed by atoms with Gasteiger partial charge in [-0.1, -0.05) is 11.6 Å². The maximum absolute atomic E-state index is 11.8. The van der Waals surface area contributed by atoms with Crippen LogP contribution in [0.4, 0.5) is 0 Å². The third-order valence-electron chi connectivity index (χ3n) is 2.50. The first kappa shape index (κ1) is 13.8. The zero-order valence-electron chi connectivity index (χ0n) is 9.39. The maximum Gasteiger partial charge on any atom is 0.273 e. The first-order valence-corrected chi connectivity index (χ1v) is 8.08. The predicted molar refractivity (Wildman–Crippen MR) is 68.2 cm³/mol. The maximum atomic E-state index is 11.8. The lowest BCUT2D eigenvalue weighted by atomic mass is 10.2. The molecule has 1 amide bonds. The molecule has 18 heavy (non-hydrogen) atoms. The van der Waals surface area contributed by atoms with Crippen molar-refractivity contribution in [2.24, 2.45) is 0 Å². The number of ether oxygens (including phenoxy) is 1. The van der Waals surface area contributed by atoms with E-state index in [1.807, 2.05) is 4.72 Å². The second-order valence-corrected chi connectivity index (χ2v) is 7.55. The molecule has 1 atom stereocenters. The van der Waals surface area contributed by atoms with Gasteiger partial charge in [0.15, 0.2) is 0 Å². The van der Waals surface area contributed by atoms with E-state index in [9.17, 15) is 13.2 Å². The number of thiophene rings is 1. The molecule has 2 rings (SSSR count). The molecule has 0 aliphatic carbocycles. The van der Waals surface area contributed by atoms with Gasteiger partial charge in [-0.05, 0) is 25.0 Å². The second kappa shape index (κ2) is 5.56. The van der Waals surface area contributed by atoms with E-state index in [4.69, 9.17) is 16.3 Å². The topological polar surface area (TPSA) is 72.5 Å². The van der Waals surface area contributed by atoms with Crippen molar-refractivity contribution >= 4 is 38.9 Å². The van der Waals surface area contributed by atoms with Gasteiger partial charge in [0.2, 0.25) is 5.91 Å². The second-order valence-electron chi connectivity index (χ2n) is 3.93. The summed E-state index contributed by atoms with van der Waals surface area (Å²) in [6.07, 6.45) is 1.59. The molecule has 0 aromatic carbocycles. The summed E-state index contributed by atoms with van der Waals surface area (Å²) in [6, 6.07) is 2.85. The average Bonchev–Trinajstić information content (AvgIpc) is 2.88. The van der Waals surface area contributed by atoms with E-state index in [2.05, 4.69) is 0 Å². The van der Waals surface area contributed by atoms with Gasteiger partial charge < -0.3 is 4.74 Å². The Hall–Kier alpha value is -0.630. The van der Waals surface area contributed by atoms with E-state index >= 15 is 0 Å². The predicted octanol–water partition coefficient (Wildman–Crippen LogP) is 1.78. The first-order chi connectivity index (χ1) is 8.47. The van der Waals surface area contributed by atoms with Crippen molar-refractivity contribution < 1.29 is 17.9 Å². The van der Waals surface area contributed by atoms with E-state index in [0.29, 0.717) is 10.9 Å². The van der Waals surface area contributed by atoms with Crippen LogP contribution in [0.3, 0.4) is 0 Å². The Morgan fingerprint density at radius 2 is 2.33 bits per heavy atom. The summed E-state index contributed by atoms with van der Waals surface area (Å²) in [6.45, 7) is 0.630. The molecule has 1 aromatic heterocycles. The van der Waals surface area contributed by atoms with Crippen molar-refractivity contribution in [2.75, 3.05) is 6.61 Å². The molecule has 0 unspecified atom stereocenters. The minimum absolute atomic E-state index is 0.0354. The van der Waals surface area contributed by atoms with Crippen LogP contribution in [0, 0.1) is 0 Å². The molecule has 100 valence electrons. The van der Waals surface area contributed by atoms with Gasteiger partial charge >= 0.3 is 0 Å². The summed E-state index contributed by atoms with van der Waals surface area (Å²) in [5, 5.41) is 0. The minimum atomic E-state index is -3.80. The van der Waals surface area contributed by atoms with Gasteiger partial charge in [0.1, 0.15) is 4.21 Å². The lowest BCUT2D eigenvalue weighted by Gasteiger charge is -2.09. The number of rotatable bonds is 4. The lowest BCUT2D eigenvalue weighted by Crippen LogP contribution is -2.32. The van der Waals surface area contributed by atoms with Crippen LogP contribution in [0.1, 0.15) is 19.3 Å². The minimum Gasteiger partial charge on any atom is -0.378 e. The number of amides is 1. The number of halogens is 1. The molecular formula is C10H12ClNO4S2. The Balaban J connectivity index is 1.97. The SMILES string of the molecule is O=C(C[C@H]1CCCO1)NS(=O)(=O)c1ccc(Cl)s1. The molecule has 8 heteroatoms. The summed E-state index contributed by atoms with van der Waals surface area (Å²) in [7, 11) is -3.80. The first-order valence-electron chi connectivity index (χ1n) is 5.40. The Kier molecular flexibility index (Phi) is 4.26. The van der Waals surface area contributed by atoms with Crippen LogP contribution in [0.5, 0.6) is 0 Å². The fraction of sp³-hybridized carbons (Fsp3) is 0.500. The molecule has 1 aromatic rings. The molecule has 1 fully saturated rings. The van der Waals surface area contributed by atoms with Crippen molar-refractivity contribution in [3.05, 3.63) is 16.5 Å². The zero-order chi connectivity index (χ0) is 13.2. The molecule has 0 spiro atoms. The van der Waals surface area contributed by atoms with Gasteiger partial charge in [0.05, 0.1) is 16.9 Å². The van der Waals surface area contributed by atoms with Gasteiger partial charge in [0.25, 0.3) is 10.0 Å². The lowest BCUT2D eigenvalue weighted by molar-refractivity contribution is -0.121. The molecule has 1 N–H and O–H groups in total. The Labute approximate surface area is 114 Å². The Morgan fingerprint density at radius 1 is 1.56 bits per heavy atom. The van der Waals surface area contributed by atoms with E-state index in [-0.39, 0.29) is 16.7 Å².